The van der Waals surface area contributed by atoms with Crippen molar-refractivity contribution in [2.45, 2.75) is 17.3 Å². The molecule has 0 aliphatic carbocycles. The maximum Gasteiger partial charge on any atom is 0.204 e. The topological polar surface area (TPSA) is 54.4 Å². The van der Waals surface area contributed by atoms with Crippen molar-refractivity contribution in [1.29, 1.82) is 0 Å². The number of benzene rings is 1. The second kappa shape index (κ2) is 3.77. The van der Waals surface area contributed by atoms with Gasteiger partial charge in [-0.2, -0.15) is 0 Å². The molecular formula is C8H9BrO3S. The Labute approximate surface area is 85.4 Å². The lowest BCUT2D eigenvalue weighted by Gasteiger charge is -2.06. The van der Waals surface area contributed by atoms with E-state index in [0.29, 0.717) is 0 Å². The summed E-state index contributed by atoms with van der Waals surface area (Å²) in [7, 11) is -3.56. The molecule has 13 heavy (non-hydrogen) atoms. The van der Waals surface area contributed by atoms with Crippen LogP contribution in [0.2, 0.25) is 0 Å². The van der Waals surface area contributed by atoms with E-state index in [1.54, 1.807) is 12.1 Å². The molecular weight excluding hydrogens is 256 g/mol. The highest BCUT2D eigenvalue weighted by molar-refractivity contribution is 9.10. The lowest BCUT2D eigenvalue weighted by atomic mass is 10.4. The van der Waals surface area contributed by atoms with Gasteiger partial charge in [-0.15, -0.1) is 0 Å². The number of hydrogen-bond donors (Lipinski definition) is 1. The van der Waals surface area contributed by atoms with Crippen LogP contribution >= 0.6 is 15.9 Å². The molecule has 0 saturated carbocycles. The highest BCUT2D eigenvalue weighted by Crippen LogP contribution is 2.17. The zero-order valence-corrected chi connectivity index (χ0v) is 9.34. The van der Waals surface area contributed by atoms with Gasteiger partial charge in [0.15, 0.2) is 5.44 Å². The minimum atomic E-state index is -3.56. The molecule has 0 aromatic heterocycles. The van der Waals surface area contributed by atoms with Gasteiger partial charge in [-0.1, -0.05) is 15.9 Å². The summed E-state index contributed by atoms with van der Waals surface area (Å²) in [6.45, 7) is 1.23. The van der Waals surface area contributed by atoms with Gasteiger partial charge in [-0.3, -0.25) is 0 Å². The molecule has 0 aliphatic rings. The summed E-state index contributed by atoms with van der Waals surface area (Å²) in [5, 5.41) is 9.00. The largest absolute Gasteiger partial charge is 0.377 e. The molecule has 0 fully saturated rings. The van der Waals surface area contributed by atoms with Crippen molar-refractivity contribution in [3.05, 3.63) is 28.7 Å². The zero-order chi connectivity index (χ0) is 10.1. The molecule has 0 bridgehead atoms. The maximum atomic E-state index is 11.4. The van der Waals surface area contributed by atoms with Crippen LogP contribution in [0.25, 0.3) is 0 Å². The van der Waals surface area contributed by atoms with Gasteiger partial charge in [-0.05, 0) is 31.2 Å². The van der Waals surface area contributed by atoms with Crippen LogP contribution in [-0.4, -0.2) is 19.0 Å². The summed E-state index contributed by atoms with van der Waals surface area (Å²) in [6.07, 6.45) is 0. The third kappa shape index (κ3) is 2.30. The summed E-state index contributed by atoms with van der Waals surface area (Å²) in [5.41, 5.74) is -1.37. The average Bonchev–Trinajstić information content (AvgIpc) is 2.04. The molecule has 72 valence electrons. The smallest absolute Gasteiger partial charge is 0.204 e. The highest BCUT2D eigenvalue weighted by Gasteiger charge is 2.19. The molecule has 5 heteroatoms. The summed E-state index contributed by atoms with van der Waals surface area (Å²) < 4.78 is 23.6. The number of rotatable bonds is 2. The van der Waals surface area contributed by atoms with Crippen molar-refractivity contribution >= 4 is 25.8 Å². The van der Waals surface area contributed by atoms with Gasteiger partial charge >= 0.3 is 0 Å². The number of hydrogen-bond acceptors (Lipinski definition) is 3. The lowest BCUT2D eigenvalue weighted by molar-refractivity contribution is 0.268. The second-order valence-corrected chi connectivity index (χ2v) is 5.76. The molecule has 1 unspecified atom stereocenters. The molecule has 1 rings (SSSR count). The molecule has 3 nitrogen and oxygen atoms in total. The van der Waals surface area contributed by atoms with Crippen LogP contribution < -0.4 is 0 Å². The fourth-order valence-electron chi connectivity index (χ4n) is 0.821. The number of sulfone groups is 1. The van der Waals surface area contributed by atoms with Crippen LogP contribution in [-0.2, 0) is 9.84 Å². The molecule has 1 N–H and O–H groups in total. The Hall–Kier alpha value is -0.390. The van der Waals surface area contributed by atoms with Crippen LogP contribution in [0.3, 0.4) is 0 Å². The van der Waals surface area contributed by atoms with E-state index in [-0.39, 0.29) is 4.90 Å². The highest BCUT2D eigenvalue weighted by atomic mass is 79.9. The van der Waals surface area contributed by atoms with Crippen molar-refractivity contribution in [1.82, 2.24) is 0 Å². The van der Waals surface area contributed by atoms with E-state index in [4.69, 9.17) is 5.11 Å². The van der Waals surface area contributed by atoms with Gasteiger partial charge in [-0.25, -0.2) is 8.42 Å². The van der Waals surface area contributed by atoms with Crippen LogP contribution in [0, 0.1) is 0 Å². The molecule has 1 aromatic rings. The van der Waals surface area contributed by atoms with Crippen LogP contribution in [0.1, 0.15) is 6.92 Å². The summed E-state index contributed by atoms with van der Waals surface area (Å²) in [6, 6.07) is 6.14. The number of aliphatic hydroxyl groups excluding tert-OH is 1. The Bertz CT molecular complexity index is 380. The molecule has 0 amide bonds. The number of halogens is 1. The minimum absolute atomic E-state index is 0.130. The molecule has 1 atom stereocenters. The third-order valence-corrected chi connectivity index (χ3v) is 3.95. The molecule has 1 aromatic carbocycles. The zero-order valence-electron chi connectivity index (χ0n) is 6.94. The van der Waals surface area contributed by atoms with Crippen molar-refractivity contribution in [2.24, 2.45) is 0 Å². The van der Waals surface area contributed by atoms with E-state index in [2.05, 4.69) is 15.9 Å². The first kappa shape index (κ1) is 10.7. The van der Waals surface area contributed by atoms with Gasteiger partial charge in [0.05, 0.1) is 4.90 Å². The van der Waals surface area contributed by atoms with E-state index < -0.39 is 15.3 Å². The molecule has 0 aliphatic heterocycles. The first-order chi connectivity index (χ1) is 5.94. The molecule has 0 spiro atoms. The Balaban J connectivity index is 3.17. The average molecular weight is 265 g/mol. The van der Waals surface area contributed by atoms with Gasteiger partial charge in [0.2, 0.25) is 9.84 Å². The Morgan fingerprint density at radius 2 is 1.77 bits per heavy atom. The van der Waals surface area contributed by atoms with E-state index in [0.717, 1.165) is 4.47 Å². The minimum Gasteiger partial charge on any atom is -0.377 e. The fourth-order valence-corrected chi connectivity index (χ4v) is 1.99. The predicted octanol–water partition coefficient (Wildman–Crippen LogP) is 1.56. The summed E-state index contributed by atoms with van der Waals surface area (Å²) in [5.74, 6) is 0. The molecule has 0 heterocycles. The van der Waals surface area contributed by atoms with Gasteiger partial charge in [0.1, 0.15) is 0 Å². The van der Waals surface area contributed by atoms with Gasteiger partial charge in [0.25, 0.3) is 0 Å². The van der Waals surface area contributed by atoms with E-state index >= 15 is 0 Å². The quantitative estimate of drug-likeness (QED) is 0.882. The maximum absolute atomic E-state index is 11.4. The van der Waals surface area contributed by atoms with E-state index in [1.807, 2.05) is 0 Å². The fraction of sp³-hybridized carbons (Fsp3) is 0.250. The first-order valence-corrected chi connectivity index (χ1v) is 5.96. The normalized spacial score (nSPS) is 14.1. The van der Waals surface area contributed by atoms with Gasteiger partial charge < -0.3 is 5.11 Å². The first-order valence-electron chi connectivity index (χ1n) is 3.62. The van der Waals surface area contributed by atoms with E-state index in [9.17, 15) is 8.42 Å². The number of aliphatic hydroxyl groups is 1. The van der Waals surface area contributed by atoms with Crippen molar-refractivity contribution in [2.75, 3.05) is 0 Å². The van der Waals surface area contributed by atoms with Crippen LogP contribution in [0.4, 0.5) is 0 Å². The second-order valence-electron chi connectivity index (χ2n) is 2.60. The van der Waals surface area contributed by atoms with E-state index in [1.165, 1.54) is 19.1 Å². The van der Waals surface area contributed by atoms with Crippen LogP contribution in [0.5, 0.6) is 0 Å². The Kier molecular flexibility index (Phi) is 3.10. The Morgan fingerprint density at radius 1 is 1.31 bits per heavy atom. The van der Waals surface area contributed by atoms with Crippen molar-refractivity contribution in [3.8, 4) is 0 Å². The van der Waals surface area contributed by atoms with Gasteiger partial charge in [0, 0.05) is 4.47 Å². The third-order valence-electron chi connectivity index (χ3n) is 1.59. The standard InChI is InChI=1S/C8H9BrO3S/c1-6(10)13(11,12)8-4-2-7(9)3-5-8/h2-6,10H,1H3. The van der Waals surface area contributed by atoms with Crippen molar-refractivity contribution < 1.29 is 13.5 Å². The predicted molar refractivity (Wildman–Crippen MR) is 53.0 cm³/mol. The molecule has 0 radical (unpaired) electrons. The lowest BCUT2D eigenvalue weighted by Crippen LogP contribution is -2.16. The monoisotopic (exact) mass is 264 g/mol. The van der Waals surface area contributed by atoms with Crippen LogP contribution in [0.15, 0.2) is 33.6 Å². The Morgan fingerprint density at radius 3 is 2.15 bits per heavy atom. The summed E-state index contributed by atoms with van der Waals surface area (Å²) in [4.78, 5) is 0.130. The van der Waals surface area contributed by atoms with Crippen molar-refractivity contribution in [3.63, 3.8) is 0 Å². The molecule has 0 saturated heterocycles. The summed E-state index contributed by atoms with van der Waals surface area (Å²) >= 11 is 3.19. The SMILES string of the molecule is CC(O)S(=O)(=O)c1ccc(Br)cc1.